The van der Waals surface area contributed by atoms with Crippen molar-refractivity contribution < 1.29 is 19.5 Å². The van der Waals surface area contributed by atoms with Gasteiger partial charge in [0.1, 0.15) is 0 Å². The summed E-state index contributed by atoms with van der Waals surface area (Å²) in [5.74, 6) is -1.46. The molecule has 2 amide bonds. The number of likely N-dealkylation sites (tertiary alicyclic amines) is 1. The van der Waals surface area contributed by atoms with Crippen LogP contribution in [0.15, 0.2) is 0 Å². The molecule has 0 saturated carbocycles. The maximum Gasteiger partial charge on any atom is 0.308 e. The molecule has 2 heterocycles. The van der Waals surface area contributed by atoms with Crippen LogP contribution in [0.25, 0.3) is 0 Å². The number of nitrogens with zero attached hydrogens (tertiary/aromatic N) is 1. The maximum atomic E-state index is 11.5. The first-order chi connectivity index (χ1) is 8.44. The quantitative estimate of drug-likeness (QED) is 0.680. The Labute approximate surface area is 105 Å². The number of aliphatic carboxylic acids is 1. The van der Waals surface area contributed by atoms with Gasteiger partial charge in [0.25, 0.3) is 0 Å². The number of carboxylic acid groups (broad SMARTS) is 1. The van der Waals surface area contributed by atoms with Crippen LogP contribution in [0, 0.1) is 11.3 Å². The van der Waals surface area contributed by atoms with Gasteiger partial charge in [-0.2, -0.15) is 0 Å². The summed E-state index contributed by atoms with van der Waals surface area (Å²) in [7, 11) is 0. The monoisotopic (exact) mass is 254 g/mol. The van der Waals surface area contributed by atoms with E-state index < -0.39 is 17.3 Å². The van der Waals surface area contributed by atoms with Gasteiger partial charge < -0.3 is 15.3 Å². The molecular weight excluding hydrogens is 236 g/mol. The van der Waals surface area contributed by atoms with E-state index in [4.69, 9.17) is 0 Å². The molecule has 6 heteroatoms. The molecule has 18 heavy (non-hydrogen) atoms. The third-order valence-electron chi connectivity index (χ3n) is 4.26. The van der Waals surface area contributed by atoms with Crippen LogP contribution in [0.1, 0.15) is 26.2 Å². The highest BCUT2D eigenvalue weighted by Crippen LogP contribution is 2.43. The van der Waals surface area contributed by atoms with Crippen LogP contribution in [-0.4, -0.2) is 47.4 Å². The van der Waals surface area contributed by atoms with E-state index in [2.05, 4.69) is 5.32 Å². The highest BCUT2D eigenvalue weighted by atomic mass is 16.4. The zero-order valence-corrected chi connectivity index (χ0v) is 10.4. The summed E-state index contributed by atoms with van der Waals surface area (Å²) in [6, 6.07) is 0. The molecule has 0 radical (unpaired) electrons. The largest absolute Gasteiger partial charge is 0.481 e. The predicted molar refractivity (Wildman–Crippen MR) is 62.7 cm³/mol. The van der Waals surface area contributed by atoms with Crippen LogP contribution in [0.4, 0.5) is 0 Å². The van der Waals surface area contributed by atoms with Crippen molar-refractivity contribution in [3.8, 4) is 0 Å². The van der Waals surface area contributed by atoms with Gasteiger partial charge in [-0.15, -0.1) is 0 Å². The number of nitrogens with one attached hydrogen (secondary N) is 1. The highest BCUT2D eigenvalue weighted by Gasteiger charge is 2.49. The summed E-state index contributed by atoms with van der Waals surface area (Å²) in [6.07, 6.45) is 1.45. The van der Waals surface area contributed by atoms with Crippen molar-refractivity contribution >= 4 is 17.8 Å². The number of piperidine rings is 2. The van der Waals surface area contributed by atoms with Gasteiger partial charge in [-0.3, -0.25) is 14.4 Å². The molecule has 1 unspecified atom stereocenters. The van der Waals surface area contributed by atoms with Gasteiger partial charge in [0.15, 0.2) is 0 Å². The first-order valence-corrected chi connectivity index (χ1v) is 6.20. The van der Waals surface area contributed by atoms with E-state index in [0.717, 1.165) is 0 Å². The molecule has 2 fully saturated rings. The fourth-order valence-electron chi connectivity index (χ4n) is 3.08. The lowest BCUT2D eigenvalue weighted by Gasteiger charge is -2.46. The SMILES string of the molecule is CC(=O)N1CCC2(CC1)CC(=O)NCC2C(=O)O. The Balaban J connectivity index is 2.15. The summed E-state index contributed by atoms with van der Waals surface area (Å²) in [6.45, 7) is 2.81. The fourth-order valence-corrected chi connectivity index (χ4v) is 3.08. The molecule has 1 spiro atoms. The lowest BCUT2D eigenvalue weighted by atomic mass is 9.64. The van der Waals surface area contributed by atoms with Gasteiger partial charge >= 0.3 is 5.97 Å². The number of hydrogen-bond acceptors (Lipinski definition) is 3. The summed E-state index contributed by atoms with van der Waals surface area (Å²) < 4.78 is 0. The van der Waals surface area contributed by atoms with Crippen molar-refractivity contribution in [2.45, 2.75) is 26.2 Å². The average Bonchev–Trinajstić information content (AvgIpc) is 2.28. The fraction of sp³-hybridized carbons (Fsp3) is 0.750. The number of amides is 2. The topological polar surface area (TPSA) is 86.7 Å². The summed E-state index contributed by atoms with van der Waals surface area (Å²) in [4.78, 5) is 35.9. The second kappa shape index (κ2) is 4.59. The average molecular weight is 254 g/mol. The van der Waals surface area contributed by atoms with Gasteiger partial charge in [0.05, 0.1) is 5.92 Å². The minimum atomic E-state index is -0.855. The van der Waals surface area contributed by atoms with Crippen molar-refractivity contribution in [3.63, 3.8) is 0 Å². The Morgan fingerprint density at radius 3 is 2.50 bits per heavy atom. The van der Waals surface area contributed by atoms with Crippen molar-refractivity contribution in [3.05, 3.63) is 0 Å². The van der Waals surface area contributed by atoms with E-state index in [-0.39, 0.29) is 24.8 Å². The Hall–Kier alpha value is -1.59. The van der Waals surface area contributed by atoms with E-state index in [1.165, 1.54) is 6.92 Å². The van der Waals surface area contributed by atoms with E-state index in [1.807, 2.05) is 0 Å². The Kier molecular flexibility index (Phi) is 3.28. The zero-order valence-electron chi connectivity index (χ0n) is 10.4. The van der Waals surface area contributed by atoms with Crippen LogP contribution in [0.2, 0.25) is 0 Å². The second-order valence-electron chi connectivity index (χ2n) is 5.24. The first-order valence-electron chi connectivity index (χ1n) is 6.20. The third kappa shape index (κ3) is 2.19. The van der Waals surface area contributed by atoms with Crippen LogP contribution in [0.3, 0.4) is 0 Å². The molecule has 2 aliphatic rings. The lowest BCUT2D eigenvalue weighted by Crippen LogP contribution is -2.55. The molecule has 1 atom stereocenters. The van der Waals surface area contributed by atoms with E-state index in [0.29, 0.717) is 25.9 Å². The standard InChI is InChI=1S/C12H18N2O4/c1-8(15)14-4-2-12(3-5-14)6-10(16)13-7-9(12)11(17)18/h9H,2-7H2,1H3,(H,13,16)(H,17,18). The molecule has 0 aliphatic carbocycles. The molecule has 0 aromatic carbocycles. The Morgan fingerprint density at radius 2 is 2.00 bits per heavy atom. The number of rotatable bonds is 1. The summed E-state index contributed by atoms with van der Waals surface area (Å²) in [5.41, 5.74) is -0.472. The number of carbonyl (C=O) groups excluding carboxylic acids is 2. The minimum absolute atomic E-state index is 0.0111. The van der Waals surface area contributed by atoms with Crippen molar-refractivity contribution in [2.75, 3.05) is 19.6 Å². The molecule has 2 aliphatic heterocycles. The van der Waals surface area contributed by atoms with Gasteiger partial charge in [-0.25, -0.2) is 0 Å². The molecule has 0 aromatic rings. The van der Waals surface area contributed by atoms with Crippen molar-refractivity contribution in [1.29, 1.82) is 0 Å². The number of carboxylic acids is 1. The first kappa shape index (κ1) is 12.9. The van der Waals surface area contributed by atoms with E-state index in [1.54, 1.807) is 4.90 Å². The van der Waals surface area contributed by atoms with Gasteiger partial charge in [-0.05, 0) is 18.3 Å². The van der Waals surface area contributed by atoms with Crippen LogP contribution >= 0.6 is 0 Å². The highest BCUT2D eigenvalue weighted by molar-refractivity contribution is 5.82. The molecule has 2 saturated heterocycles. The third-order valence-corrected chi connectivity index (χ3v) is 4.26. The molecule has 2 N–H and O–H groups in total. The predicted octanol–water partition coefficient (Wildman–Crippen LogP) is -0.164. The molecule has 2 rings (SSSR count). The maximum absolute atomic E-state index is 11.5. The van der Waals surface area contributed by atoms with Gasteiger partial charge in [-0.1, -0.05) is 0 Å². The molecule has 6 nitrogen and oxygen atoms in total. The van der Waals surface area contributed by atoms with Gasteiger partial charge in [0, 0.05) is 33.0 Å². The molecular formula is C12H18N2O4. The normalized spacial score (nSPS) is 26.8. The van der Waals surface area contributed by atoms with Crippen LogP contribution < -0.4 is 5.32 Å². The van der Waals surface area contributed by atoms with E-state index >= 15 is 0 Å². The summed E-state index contributed by atoms with van der Waals surface area (Å²) >= 11 is 0. The van der Waals surface area contributed by atoms with Crippen molar-refractivity contribution in [2.24, 2.45) is 11.3 Å². The second-order valence-corrected chi connectivity index (χ2v) is 5.24. The Morgan fingerprint density at radius 1 is 1.39 bits per heavy atom. The zero-order chi connectivity index (χ0) is 13.3. The number of carbonyl (C=O) groups is 3. The molecule has 100 valence electrons. The number of hydrogen-bond donors (Lipinski definition) is 2. The van der Waals surface area contributed by atoms with E-state index in [9.17, 15) is 19.5 Å². The van der Waals surface area contributed by atoms with Crippen LogP contribution in [-0.2, 0) is 14.4 Å². The smallest absolute Gasteiger partial charge is 0.308 e. The molecule has 0 bridgehead atoms. The van der Waals surface area contributed by atoms with Crippen LogP contribution in [0.5, 0.6) is 0 Å². The van der Waals surface area contributed by atoms with Crippen molar-refractivity contribution in [1.82, 2.24) is 10.2 Å². The summed E-state index contributed by atoms with van der Waals surface area (Å²) in [5, 5.41) is 11.9. The van der Waals surface area contributed by atoms with Gasteiger partial charge in [0.2, 0.25) is 11.8 Å². The minimum Gasteiger partial charge on any atom is -0.481 e. The molecule has 0 aromatic heterocycles. The lowest BCUT2D eigenvalue weighted by molar-refractivity contribution is -0.153. The Bertz CT molecular complexity index is 386.